The number of carbonyl (C=O) groups is 1. The first-order valence-electron chi connectivity index (χ1n) is 6.89. The van der Waals surface area contributed by atoms with Gasteiger partial charge in [0.25, 0.3) is 0 Å². The zero-order valence-electron chi connectivity index (χ0n) is 11.6. The minimum absolute atomic E-state index is 0.0313. The molecule has 0 radical (unpaired) electrons. The molecule has 0 spiro atoms. The van der Waals surface area contributed by atoms with Crippen molar-refractivity contribution in [1.29, 1.82) is 0 Å². The Kier molecular flexibility index (Phi) is 6.15. The quantitative estimate of drug-likeness (QED) is 0.783. The van der Waals surface area contributed by atoms with E-state index in [0.717, 1.165) is 22.6 Å². The van der Waals surface area contributed by atoms with Gasteiger partial charge in [-0.05, 0) is 36.1 Å². The van der Waals surface area contributed by atoms with Gasteiger partial charge in [-0.3, -0.25) is 4.79 Å². The van der Waals surface area contributed by atoms with E-state index >= 15 is 0 Å². The van der Waals surface area contributed by atoms with E-state index in [9.17, 15) is 4.79 Å². The zero-order valence-corrected chi connectivity index (χ0v) is 13.3. The molecule has 1 amide bonds. The van der Waals surface area contributed by atoms with Crippen LogP contribution in [0.25, 0.3) is 0 Å². The van der Waals surface area contributed by atoms with E-state index < -0.39 is 0 Å². The van der Waals surface area contributed by atoms with Gasteiger partial charge in [0.05, 0.1) is 5.25 Å². The van der Waals surface area contributed by atoms with Gasteiger partial charge in [0.15, 0.2) is 0 Å². The first-order valence-corrected chi connectivity index (χ1v) is 7.79. The fourth-order valence-corrected chi connectivity index (χ4v) is 2.46. The minimum atomic E-state index is -0.322. The molecule has 4 heteroatoms. The van der Waals surface area contributed by atoms with Gasteiger partial charge < -0.3 is 5.32 Å². The fourth-order valence-electron chi connectivity index (χ4n) is 2.03. The number of carbonyl (C=O) groups excluding carboxylic acids is 1. The number of hydrogen-bond acceptors (Lipinski definition) is 2. The highest BCUT2D eigenvalue weighted by molar-refractivity contribution is 7.81. The molecule has 1 unspecified atom stereocenters. The molecule has 2 rings (SSSR count). The van der Waals surface area contributed by atoms with E-state index in [4.69, 9.17) is 11.6 Å². The van der Waals surface area contributed by atoms with Crippen molar-refractivity contribution < 1.29 is 4.79 Å². The summed E-state index contributed by atoms with van der Waals surface area (Å²) in [5, 5.41) is 3.32. The Bertz CT molecular complexity index is 571. The predicted octanol–water partition coefficient (Wildman–Crippen LogP) is 3.54. The summed E-state index contributed by atoms with van der Waals surface area (Å²) < 4.78 is 0. The van der Waals surface area contributed by atoms with Crippen LogP contribution >= 0.6 is 24.2 Å². The largest absolute Gasteiger partial charge is 0.355 e. The van der Waals surface area contributed by atoms with Gasteiger partial charge >= 0.3 is 0 Å². The topological polar surface area (TPSA) is 29.1 Å². The van der Waals surface area contributed by atoms with Crippen LogP contribution in [0, 0.1) is 0 Å². The average Bonchev–Trinajstić information content (AvgIpc) is 2.50. The second-order valence-electron chi connectivity index (χ2n) is 4.87. The minimum Gasteiger partial charge on any atom is -0.355 e. The van der Waals surface area contributed by atoms with E-state index in [-0.39, 0.29) is 11.2 Å². The number of nitrogens with one attached hydrogen (secondary N) is 1. The maximum atomic E-state index is 12.0. The number of benzene rings is 2. The van der Waals surface area contributed by atoms with Crippen LogP contribution in [0.3, 0.4) is 0 Å². The monoisotopic (exact) mass is 319 g/mol. The van der Waals surface area contributed by atoms with Crippen LogP contribution in [0.1, 0.15) is 11.1 Å². The van der Waals surface area contributed by atoms with Crippen molar-refractivity contribution in [2.75, 3.05) is 6.54 Å². The molecule has 21 heavy (non-hydrogen) atoms. The van der Waals surface area contributed by atoms with Crippen molar-refractivity contribution in [3.8, 4) is 0 Å². The summed E-state index contributed by atoms with van der Waals surface area (Å²) in [5.41, 5.74) is 2.27. The van der Waals surface area contributed by atoms with Gasteiger partial charge in [-0.25, -0.2) is 0 Å². The molecule has 1 N–H and O–H groups in total. The van der Waals surface area contributed by atoms with E-state index in [2.05, 4.69) is 17.9 Å². The molecule has 0 aromatic heterocycles. The molecule has 0 saturated heterocycles. The van der Waals surface area contributed by atoms with Gasteiger partial charge in [-0.2, -0.15) is 12.6 Å². The Morgan fingerprint density at radius 3 is 2.38 bits per heavy atom. The smallest absolute Gasteiger partial charge is 0.233 e. The van der Waals surface area contributed by atoms with Gasteiger partial charge in [-0.15, -0.1) is 0 Å². The summed E-state index contributed by atoms with van der Waals surface area (Å²) in [4.78, 5) is 12.0. The summed E-state index contributed by atoms with van der Waals surface area (Å²) in [6.07, 6.45) is 1.42. The summed E-state index contributed by atoms with van der Waals surface area (Å²) in [5.74, 6) is -0.0313. The molecular formula is C17H18ClNOS. The molecule has 0 bridgehead atoms. The molecule has 0 aliphatic heterocycles. The van der Waals surface area contributed by atoms with Crippen molar-refractivity contribution >= 4 is 30.1 Å². The van der Waals surface area contributed by atoms with Gasteiger partial charge in [0, 0.05) is 11.6 Å². The molecule has 1 atom stereocenters. The average molecular weight is 320 g/mol. The van der Waals surface area contributed by atoms with Crippen LogP contribution in [-0.2, 0) is 17.6 Å². The Labute approximate surface area is 135 Å². The van der Waals surface area contributed by atoms with Crippen molar-refractivity contribution in [3.63, 3.8) is 0 Å². The number of thiol groups is 1. The zero-order chi connectivity index (χ0) is 15.1. The number of halogens is 1. The van der Waals surface area contributed by atoms with Crippen LogP contribution in [0.5, 0.6) is 0 Å². The third-order valence-corrected chi connectivity index (χ3v) is 3.87. The Morgan fingerprint density at radius 1 is 1.05 bits per heavy atom. The molecule has 2 nitrogen and oxygen atoms in total. The van der Waals surface area contributed by atoms with E-state index in [0.29, 0.717) is 13.0 Å². The molecule has 0 aliphatic carbocycles. The lowest BCUT2D eigenvalue weighted by molar-refractivity contribution is -0.120. The van der Waals surface area contributed by atoms with Crippen molar-refractivity contribution in [2.45, 2.75) is 18.1 Å². The Hall–Kier alpha value is -1.45. The van der Waals surface area contributed by atoms with Crippen LogP contribution in [0.15, 0.2) is 54.6 Å². The lowest BCUT2D eigenvalue weighted by atomic mass is 10.1. The second-order valence-corrected chi connectivity index (χ2v) is 5.93. The third kappa shape index (κ3) is 5.44. The van der Waals surface area contributed by atoms with Crippen molar-refractivity contribution in [3.05, 3.63) is 70.7 Å². The lowest BCUT2D eigenvalue weighted by Crippen LogP contribution is -2.34. The number of rotatable bonds is 6. The third-order valence-electron chi connectivity index (χ3n) is 3.20. The van der Waals surface area contributed by atoms with Crippen LogP contribution in [0.4, 0.5) is 0 Å². The molecular weight excluding hydrogens is 302 g/mol. The molecule has 0 saturated carbocycles. The van der Waals surface area contributed by atoms with Gasteiger partial charge in [0.2, 0.25) is 5.91 Å². The summed E-state index contributed by atoms with van der Waals surface area (Å²) >= 11 is 10.2. The molecule has 0 fully saturated rings. The number of amides is 1. The molecule has 2 aromatic carbocycles. The Morgan fingerprint density at radius 2 is 1.71 bits per heavy atom. The summed E-state index contributed by atoms with van der Waals surface area (Å²) in [7, 11) is 0. The summed E-state index contributed by atoms with van der Waals surface area (Å²) in [6, 6.07) is 17.6. The molecule has 0 heterocycles. The normalized spacial score (nSPS) is 11.9. The predicted molar refractivity (Wildman–Crippen MR) is 91.1 cm³/mol. The van der Waals surface area contributed by atoms with Crippen LogP contribution < -0.4 is 5.32 Å². The maximum absolute atomic E-state index is 12.0. The Balaban J connectivity index is 1.75. The van der Waals surface area contributed by atoms with E-state index in [1.807, 2.05) is 54.6 Å². The maximum Gasteiger partial charge on any atom is 0.233 e. The highest BCUT2D eigenvalue weighted by Gasteiger charge is 2.13. The fraction of sp³-hybridized carbons (Fsp3) is 0.235. The van der Waals surface area contributed by atoms with Gasteiger partial charge in [-0.1, -0.05) is 54.1 Å². The summed E-state index contributed by atoms with van der Waals surface area (Å²) in [6.45, 7) is 0.603. The second kappa shape index (κ2) is 8.11. The standard InChI is InChI=1S/C17H18ClNOS/c18-15-8-6-13(7-9-15)10-11-19-17(20)16(21)12-14-4-2-1-3-5-14/h1-9,16,21H,10-12H2,(H,19,20). The highest BCUT2D eigenvalue weighted by Crippen LogP contribution is 2.10. The highest BCUT2D eigenvalue weighted by atomic mass is 35.5. The van der Waals surface area contributed by atoms with E-state index in [1.165, 1.54) is 0 Å². The van der Waals surface area contributed by atoms with Crippen molar-refractivity contribution in [2.24, 2.45) is 0 Å². The molecule has 2 aromatic rings. The van der Waals surface area contributed by atoms with Crippen LogP contribution in [0.2, 0.25) is 5.02 Å². The SMILES string of the molecule is O=C(NCCc1ccc(Cl)cc1)C(S)Cc1ccccc1. The first-order chi connectivity index (χ1) is 10.1. The lowest BCUT2D eigenvalue weighted by Gasteiger charge is -2.11. The number of hydrogen-bond donors (Lipinski definition) is 2. The van der Waals surface area contributed by atoms with E-state index in [1.54, 1.807) is 0 Å². The molecule has 0 aliphatic rings. The molecule has 110 valence electrons. The van der Waals surface area contributed by atoms with Gasteiger partial charge in [0.1, 0.15) is 0 Å². The van der Waals surface area contributed by atoms with Crippen LogP contribution in [-0.4, -0.2) is 17.7 Å². The first kappa shape index (κ1) is 15.9. The van der Waals surface area contributed by atoms with Crippen molar-refractivity contribution in [1.82, 2.24) is 5.32 Å².